The second-order valence-electron chi connectivity index (χ2n) is 5.76. The Kier molecular flexibility index (Phi) is 5.64. The van der Waals surface area contributed by atoms with Crippen LogP contribution in [0.4, 0.5) is 5.69 Å². The van der Waals surface area contributed by atoms with Gasteiger partial charge in [0.25, 0.3) is 5.91 Å². The van der Waals surface area contributed by atoms with Gasteiger partial charge in [-0.1, -0.05) is 18.2 Å². The molecule has 3 rings (SSSR count). The molecule has 0 saturated carbocycles. The van der Waals surface area contributed by atoms with Crippen LogP contribution < -0.4 is 24.8 Å². The number of anilines is 1. The number of methoxy groups -OCH3 is 3. The highest BCUT2D eigenvalue weighted by Crippen LogP contribution is 2.39. The number of carbonyl (C=O) groups excluding carboxylic acids is 2. The van der Waals surface area contributed by atoms with Gasteiger partial charge in [0.1, 0.15) is 0 Å². The molecule has 1 heterocycles. The predicted molar refractivity (Wildman–Crippen MR) is 103 cm³/mol. The summed E-state index contributed by atoms with van der Waals surface area (Å²) in [5.41, 5.74) is 1.42. The summed E-state index contributed by atoms with van der Waals surface area (Å²) in [7, 11) is 4.46. The van der Waals surface area contributed by atoms with Gasteiger partial charge in [0.15, 0.2) is 17.2 Å². The van der Waals surface area contributed by atoms with Crippen LogP contribution in [0.25, 0.3) is 10.9 Å². The van der Waals surface area contributed by atoms with E-state index in [9.17, 15) is 9.59 Å². The number of rotatable bonds is 7. The van der Waals surface area contributed by atoms with E-state index < -0.39 is 11.8 Å². The van der Waals surface area contributed by atoms with Crippen LogP contribution in [0.3, 0.4) is 0 Å². The summed E-state index contributed by atoms with van der Waals surface area (Å²) in [6, 6.07) is 10.4. The number of nitrogens with one attached hydrogen (secondary N) is 3. The van der Waals surface area contributed by atoms with Crippen molar-refractivity contribution in [1.82, 2.24) is 15.5 Å². The minimum absolute atomic E-state index is 0.226. The van der Waals surface area contributed by atoms with Gasteiger partial charge in [-0.15, -0.1) is 0 Å². The molecule has 1 aromatic heterocycles. The average molecular weight is 384 g/mol. The minimum Gasteiger partial charge on any atom is -0.493 e. The number of hydrogen-bond donors (Lipinski definition) is 3. The highest BCUT2D eigenvalue weighted by molar-refractivity contribution is 6.06. The first-order valence-electron chi connectivity index (χ1n) is 8.38. The molecule has 0 bridgehead atoms. The normalized spacial score (nSPS) is 10.4. The molecule has 9 nitrogen and oxygen atoms in total. The zero-order valence-electron chi connectivity index (χ0n) is 15.7. The van der Waals surface area contributed by atoms with Crippen molar-refractivity contribution in [2.75, 3.05) is 33.2 Å². The molecule has 0 aliphatic rings. The summed E-state index contributed by atoms with van der Waals surface area (Å²) in [6.07, 6.45) is 0. The van der Waals surface area contributed by atoms with E-state index >= 15 is 0 Å². The van der Waals surface area contributed by atoms with Gasteiger partial charge in [0.2, 0.25) is 11.7 Å². The van der Waals surface area contributed by atoms with Crippen LogP contribution in [0.2, 0.25) is 0 Å². The van der Waals surface area contributed by atoms with Crippen LogP contribution in [0.1, 0.15) is 10.5 Å². The number of H-pyrrole nitrogens is 1. The van der Waals surface area contributed by atoms with Crippen molar-refractivity contribution in [3.63, 3.8) is 0 Å². The van der Waals surface area contributed by atoms with Gasteiger partial charge in [-0.25, -0.2) is 0 Å². The Bertz CT molecular complexity index is 989. The van der Waals surface area contributed by atoms with Gasteiger partial charge in [-0.2, -0.15) is 5.10 Å². The molecule has 3 N–H and O–H groups in total. The second kappa shape index (κ2) is 8.30. The number of aromatic amines is 1. The first kappa shape index (κ1) is 19.0. The van der Waals surface area contributed by atoms with E-state index in [0.29, 0.717) is 28.3 Å². The average Bonchev–Trinajstić information content (AvgIpc) is 3.15. The van der Waals surface area contributed by atoms with Gasteiger partial charge in [0.05, 0.1) is 33.4 Å². The highest BCUT2D eigenvalue weighted by atomic mass is 16.5. The lowest BCUT2D eigenvalue weighted by Gasteiger charge is -2.14. The molecule has 0 spiro atoms. The topological polar surface area (TPSA) is 115 Å². The SMILES string of the molecule is COc1cc(NC(=O)CNC(=O)c2n[nH]c3ccccc23)cc(OC)c1OC. The molecule has 0 fully saturated rings. The van der Waals surface area contributed by atoms with Crippen molar-refractivity contribution < 1.29 is 23.8 Å². The molecule has 0 aliphatic carbocycles. The maximum Gasteiger partial charge on any atom is 0.272 e. The van der Waals surface area contributed by atoms with E-state index in [1.165, 1.54) is 21.3 Å². The maximum atomic E-state index is 12.3. The van der Waals surface area contributed by atoms with Gasteiger partial charge in [-0.05, 0) is 6.07 Å². The monoisotopic (exact) mass is 384 g/mol. The molecule has 146 valence electrons. The van der Waals surface area contributed by atoms with Crippen LogP contribution in [0.15, 0.2) is 36.4 Å². The Hall–Kier alpha value is -3.75. The first-order chi connectivity index (χ1) is 13.6. The molecule has 2 amide bonds. The van der Waals surface area contributed by atoms with Gasteiger partial charge < -0.3 is 24.8 Å². The number of amides is 2. The molecule has 28 heavy (non-hydrogen) atoms. The van der Waals surface area contributed by atoms with Crippen molar-refractivity contribution >= 4 is 28.4 Å². The number of carbonyl (C=O) groups is 2. The predicted octanol–water partition coefficient (Wildman–Crippen LogP) is 1.96. The smallest absolute Gasteiger partial charge is 0.272 e. The fourth-order valence-electron chi connectivity index (χ4n) is 2.74. The quantitative estimate of drug-likeness (QED) is 0.574. The Morgan fingerprint density at radius 1 is 1.04 bits per heavy atom. The van der Waals surface area contributed by atoms with Crippen LogP contribution in [0, 0.1) is 0 Å². The zero-order chi connectivity index (χ0) is 20.1. The Morgan fingerprint density at radius 2 is 1.71 bits per heavy atom. The van der Waals surface area contributed by atoms with Crippen molar-refractivity contribution in [3.05, 3.63) is 42.1 Å². The lowest BCUT2D eigenvalue weighted by molar-refractivity contribution is -0.115. The van der Waals surface area contributed by atoms with E-state index in [-0.39, 0.29) is 12.2 Å². The summed E-state index contributed by atoms with van der Waals surface area (Å²) >= 11 is 0. The maximum absolute atomic E-state index is 12.3. The molecular weight excluding hydrogens is 364 g/mol. The van der Waals surface area contributed by atoms with Gasteiger partial charge >= 0.3 is 0 Å². The van der Waals surface area contributed by atoms with Crippen LogP contribution in [-0.2, 0) is 4.79 Å². The summed E-state index contributed by atoms with van der Waals surface area (Å²) in [5, 5.41) is 12.7. The molecule has 0 unspecified atom stereocenters. The lowest BCUT2D eigenvalue weighted by atomic mass is 10.2. The third-order valence-corrected chi connectivity index (χ3v) is 4.04. The Balaban J connectivity index is 1.66. The first-order valence-corrected chi connectivity index (χ1v) is 8.38. The molecule has 9 heteroatoms. The third-order valence-electron chi connectivity index (χ3n) is 4.04. The second-order valence-corrected chi connectivity index (χ2v) is 5.76. The summed E-state index contributed by atoms with van der Waals surface area (Å²) in [5.74, 6) is 0.370. The lowest BCUT2D eigenvalue weighted by Crippen LogP contribution is -2.33. The molecule has 0 aliphatic heterocycles. The van der Waals surface area contributed by atoms with Crippen molar-refractivity contribution in [2.24, 2.45) is 0 Å². The Morgan fingerprint density at radius 3 is 2.36 bits per heavy atom. The number of nitrogens with zero attached hydrogens (tertiary/aromatic N) is 1. The number of fused-ring (bicyclic) bond motifs is 1. The fraction of sp³-hybridized carbons (Fsp3) is 0.211. The number of hydrogen-bond acceptors (Lipinski definition) is 6. The Labute approximate surface area is 161 Å². The van der Waals surface area contributed by atoms with Gasteiger partial charge in [0, 0.05) is 23.2 Å². The summed E-state index contributed by atoms with van der Waals surface area (Å²) < 4.78 is 15.7. The molecular formula is C19H20N4O5. The van der Waals surface area contributed by atoms with E-state index in [0.717, 1.165) is 5.52 Å². The molecule has 0 atom stereocenters. The van der Waals surface area contributed by atoms with Crippen LogP contribution >= 0.6 is 0 Å². The zero-order valence-corrected chi connectivity index (χ0v) is 15.7. The highest BCUT2D eigenvalue weighted by Gasteiger charge is 2.17. The fourth-order valence-corrected chi connectivity index (χ4v) is 2.74. The minimum atomic E-state index is -0.447. The number of benzene rings is 2. The van der Waals surface area contributed by atoms with E-state index in [4.69, 9.17) is 14.2 Å². The number of aromatic nitrogens is 2. The van der Waals surface area contributed by atoms with Crippen molar-refractivity contribution in [2.45, 2.75) is 0 Å². The van der Waals surface area contributed by atoms with E-state index in [1.54, 1.807) is 18.2 Å². The van der Waals surface area contributed by atoms with Crippen LogP contribution in [0.5, 0.6) is 17.2 Å². The largest absolute Gasteiger partial charge is 0.493 e. The molecule has 2 aromatic carbocycles. The number of para-hydroxylation sites is 1. The van der Waals surface area contributed by atoms with Crippen molar-refractivity contribution in [1.29, 1.82) is 0 Å². The third kappa shape index (κ3) is 3.83. The van der Waals surface area contributed by atoms with E-state index in [1.807, 2.05) is 18.2 Å². The standard InChI is InChI=1S/C19H20N4O5/c1-26-14-8-11(9-15(27-2)18(14)28-3)21-16(24)10-20-19(25)17-12-6-4-5-7-13(12)22-23-17/h4-9H,10H2,1-3H3,(H,20,25)(H,21,24)(H,22,23). The molecule has 0 saturated heterocycles. The summed E-state index contributed by atoms with van der Waals surface area (Å²) in [4.78, 5) is 24.6. The molecule has 3 aromatic rings. The van der Waals surface area contributed by atoms with E-state index in [2.05, 4.69) is 20.8 Å². The summed E-state index contributed by atoms with van der Waals surface area (Å²) in [6.45, 7) is -0.226. The van der Waals surface area contributed by atoms with Crippen LogP contribution in [-0.4, -0.2) is 49.9 Å². The number of ether oxygens (including phenoxy) is 3. The van der Waals surface area contributed by atoms with Gasteiger partial charge in [-0.3, -0.25) is 14.7 Å². The molecule has 0 radical (unpaired) electrons. The van der Waals surface area contributed by atoms with Crippen molar-refractivity contribution in [3.8, 4) is 17.2 Å².